The van der Waals surface area contributed by atoms with E-state index in [1.807, 2.05) is 12.1 Å². The Kier molecular flexibility index (Phi) is 9.59. The van der Waals surface area contributed by atoms with E-state index in [0.29, 0.717) is 19.5 Å². The number of hydrogen-bond donors (Lipinski definition) is 4. The molecule has 4 N–H and O–H groups in total. The van der Waals surface area contributed by atoms with Crippen molar-refractivity contribution in [3.8, 4) is 0 Å². The number of benzene rings is 1. The topological polar surface area (TPSA) is 175 Å². The van der Waals surface area contributed by atoms with Gasteiger partial charge < -0.3 is 34.8 Å². The summed E-state index contributed by atoms with van der Waals surface area (Å²) >= 11 is 0. The highest BCUT2D eigenvalue weighted by molar-refractivity contribution is 7.54. The average molecular weight is 661 g/mol. The van der Waals surface area contributed by atoms with Gasteiger partial charge in [-0.3, -0.25) is 19.1 Å². The molecule has 1 aliphatic carbocycles. The number of cyclic esters (lactones) is 1. The van der Waals surface area contributed by atoms with Gasteiger partial charge in [-0.25, -0.2) is 9.59 Å². The third-order valence-corrected chi connectivity index (χ3v) is 11.2. The average Bonchev–Trinajstić information content (AvgIpc) is 3.30. The summed E-state index contributed by atoms with van der Waals surface area (Å²) in [7, 11) is -4.80. The molecule has 5 atom stereocenters. The number of carbonyl (C=O) groups is 4. The molecule has 1 saturated carbocycles. The van der Waals surface area contributed by atoms with Gasteiger partial charge in [0.05, 0.1) is 13.2 Å². The maximum atomic E-state index is 14.2. The van der Waals surface area contributed by atoms with Gasteiger partial charge in [-0.15, -0.1) is 6.58 Å². The van der Waals surface area contributed by atoms with Gasteiger partial charge in [-0.1, -0.05) is 57.9 Å². The summed E-state index contributed by atoms with van der Waals surface area (Å²) in [6, 6.07) is 3.72. The molecule has 0 aromatic heterocycles. The van der Waals surface area contributed by atoms with Crippen molar-refractivity contribution in [2.45, 2.75) is 102 Å². The Morgan fingerprint density at radius 2 is 1.85 bits per heavy atom. The standard InChI is InChI=1S/C32H45N4O9P/c1-5-22-16-32(22,46(41,42)43)34-27(37)25-15-23-18-36(25)28(38)26(31(2,3)4)33-29(39)44-14-9-7-6-8-11-20-12-10-13-21-17-35(19-24(20)21)30(40)45-23/h5,10,12-13,22-23,25-26H,1,6-9,11,14-19H2,2-4H3,(H,33,39)(H,34,37)(H2,41,42,43)/t22-,23+,25-,26+,32-/m0/s1. The van der Waals surface area contributed by atoms with Crippen LogP contribution >= 0.6 is 7.60 Å². The first-order valence-corrected chi connectivity index (χ1v) is 17.5. The Labute approximate surface area is 269 Å². The molecule has 0 unspecified atom stereocenters. The van der Waals surface area contributed by atoms with Crippen LogP contribution in [0.5, 0.6) is 0 Å². The molecule has 4 amide bonds. The summed E-state index contributed by atoms with van der Waals surface area (Å²) in [6.45, 7) is 9.72. The molecule has 1 aromatic rings. The fraction of sp³-hybridized carbons (Fsp3) is 0.625. The van der Waals surface area contributed by atoms with Crippen molar-refractivity contribution >= 4 is 31.6 Å². The first-order valence-electron chi connectivity index (χ1n) is 15.9. The van der Waals surface area contributed by atoms with Crippen LogP contribution < -0.4 is 10.6 Å². The highest BCUT2D eigenvalue weighted by atomic mass is 31.2. The molecule has 1 saturated heterocycles. The van der Waals surface area contributed by atoms with E-state index < -0.39 is 66.4 Å². The van der Waals surface area contributed by atoms with Gasteiger partial charge in [0, 0.05) is 25.4 Å². The molecule has 46 heavy (non-hydrogen) atoms. The number of hydrogen-bond acceptors (Lipinski definition) is 7. The minimum absolute atomic E-state index is 0.00111. The lowest BCUT2D eigenvalue weighted by Crippen LogP contribution is -2.58. The third-order valence-electron chi connectivity index (χ3n) is 9.53. The Bertz CT molecular complexity index is 1440. The number of amides is 4. The van der Waals surface area contributed by atoms with Crippen LogP contribution in [0.25, 0.3) is 0 Å². The lowest BCUT2D eigenvalue weighted by atomic mass is 9.85. The summed E-state index contributed by atoms with van der Waals surface area (Å²) in [4.78, 5) is 77.2. The SMILES string of the molecule is C=C[C@H]1C[C@]1(NC(=O)[C@@H]1C[C@@H]2CN1C(=O)[C@H](C(C)(C)C)NC(=O)OCCCCCCc1cccc3c1CN(C3)C(=O)O2)P(=O)(O)O. The van der Waals surface area contributed by atoms with E-state index in [9.17, 15) is 33.5 Å². The van der Waals surface area contributed by atoms with Crippen LogP contribution in [0, 0.1) is 11.3 Å². The molecule has 2 fully saturated rings. The van der Waals surface area contributed by atoms with Crippen LogP contribution in [-0.4, -0.2) is 80.2 Å². The fourth-order valence-corrected chi connectivity index (χ4v) is 7.99. The van der Waals surface area contributed by atoms with Gasteiger partial charge >= 0.3 is 19.8 Å². The Morgan fingerprint density at radius 3 is 2.52 bits per heavy atom. The zero-order valence-electron chi connectivity index (χ0n) is 26.7. The van der Waals surface area contributed by atoms with Crippen molar-refractivity contribution < 1.29 is 43.0 Å². The first kappa shape index (κ1) is 33.9. The van der Waals surface area contributed by atoms with Crippen molar-refractivity contribution in [1.29, 1.82) is 0 Å². The molecular formula is C32H45N4O9P. The Hall–Kier alpha value is -3.41. The van der Waals surface area contributed by atoms with Crippen molar-refractivity contribution in [3.05, 3.63) is 47.5 Å². The quantitative estimate of drug-likeness (QED) is 0.278. The molecule has 4 aliphatic rings. The number of nitrogens with zero attached hydrogens (tertiary/aromatic N) is 2. The van der Waals surface area contributed by atoms with Crippen molar-refractivity contribution in [1.82, 2.24) is 20.4 Å². The van der Waals surface area contributed by atoms with Gasteiger partial charge in [0.2, 0.25) is 11.8 Å². The van der Waals surface area contributed by atoms with Gasteiger partial charge in [0.25, 0.3) is 0 Å². The normalized spacial score (nSPS) is 29.4. The van der Waals surface area contributed by atoms with Crippen molar-refractivity contribution in [2.75, 3.05) is 13.2 Å². The van der Waals surface area contributed by atoms with Crippen LogP contribution in [0.1, 0.15) is 76.0 Å². The number of rotatable bonds is 4. The van der Waals surface area contributed by atoms with Gasteiger partial charge in [0.1, 0.15) is 23.5 Å². The molecule has 1 aromatic carbocycles. The molecular weight excluding hydrogens is 615 g/mol. The summed E-state index contributed by atoms with van der Waals surface area (Å²) in [5.41, 5.74) is 2.53. The highest BCUT2D eigenvalue weighted by Crippen LogP contribution is 2.67. The van der Waals surface area contributed by atoms with E-state index in [1.165, 1.54) is 16.5 Å². The molecule has 14 heteroatoms. The second kappa shape index (κ2) is 13.0. The molecule has 0 radical (unpaired) electrons. The number of nitrogens with one attached hydrogen (secondary N) is 2. The zero-order chi connectivity index (χ0) is 33.4. The second-order valence-electron chi connectivity index (χ2n) is 13.9. The maximum absolute atomic E-state index is 14.2. The predicted octanol–water partition coefficient (Wildman–Crippen LogP) is 3.56. The van der Waals surface area contributed by atoms with E-state index >= 15 is 0 Å². The molecule has 13 nitrogen and oxygen atoms in total. The molecule has 5 rings (SSSR count). The molecule has 252 valence electrons. The molecule has 0 spiro atoms. The summed E-state index contributed by atoms with van der Waals surface area (Å²) in [6.07, 6.45) is 3.35. The van der Waals surface area contributed by atoms with Crippen LogP contribution in [0.4, 0.5) is 9.59 Å². The molecule has 4 bridgehead atoms. The number of carbonyl (C=O) groups excluding carboxylic acids is 4. The monoisotopic (exact) mass is 660 g/mol. The van der Waals surface area contributed by atoms with Crippen LogP contribution in [-0.2, 0) is 43.1 Å². The summed E-state index contributed by atoms with van der Waals surface area (Å²) in [5.74, 6) is -2.03. The first-order chi connectivity index (χ1) is 21.6. The van der Waals surface area contributed by atoms with Crippen molar-refractivity contribution in [3.63, 3.8) is 0 Å². The highest BCUT2D eigenvalue weighted by Gasteiger charge is 2.66. The number of alkyl carbamates (subject to hydrolysis) is 1. The minimum Gasteiger partial charge on any atom is -0.450 e. The number of ether oxygens (including phenoxy) is 2. The third kappa shape index (κ3) is 6.96. The molecule has 3 heterocycles. The van der Waals surface area contributed by atoms with E-state index in [-0.39, 0.29) is 26.0 Å². The van der Waals surface area contributed by atoms with Gasteiger partial charge in [-0.2, -0.15) is 0 Å². The Balaban J connectivity index is 1.43. The zero-order valence-corrected chi connectivity index (χ0v) is 27.6. The predicted molar refractivity (Wildman–Crippen MR) is 167 cm³/mol. The number of fused-ring (bicyclic) bond motifs is 3. The Morgan fingerprint density at radius 1 is 1.13 bits per heavy atom. The van der Waals surface area contributed by atoms with Gasteiger partial charge in [-0.05, 0) is 47.8 Å². The summed E-state index contributed by atoms with van der Waals surface area (Å²) in [5, 5.41) is 3.37. The molecule has 3 aliphatic heterocycles. The van der Waals surface area contributed by atoms with E-state index in [0.717, 1.165) is 36.8 Å². The summed E-state index contributed by atoms with van der Waals surface area (Å²) < 4.78 is 23.7. The van der Waals surface area contributed by atoms with Crippen molar-refractivity contribution in [2.24, 2.45) is 11.3 Å². The smallest absolute Gasteiger partial charge is 0.410 e. The maximum Gasteiger partial charge on any atom is 0.410 e. The fourth-order valence-electron chi connectivity index (χ4n) is 6.76. The van der Waals surface area contributed by atoms with E-state index in [4.69, 9.17) is 9.47 Å². The lowest BCUT2D eigenvalue weighted by Gasteiger charge is -2.35. The largest absolute Gasteiger partial charge is 0.450 e. The number of aryl methyl sites for hydroxylation is 1. The second-order valence-corrected chi connectivity index (χ2v) is 15.8. The van der Waals surface area contributed by atoms with E-state index in [2.05, 4.69) is 23.3 Å². The lowest BCUT2D eigenvalue weighted by molar-refractivity contribution is -0.142. The van der Waals surface area contributed by atoms with Crippen LogP contribution in [0.15, 0.2) is 30.9 Å². The van der Waals surface area contributed by atoms with E-state index in [1.54, 1.807) is 25.7 Å². The van der Waals surface area contributed by atoms with Gasteiger partial charge in [0.15, 0.2) is 0 Å². The van der Waals surface area contributed by atoms with Crippen LogP contribution in [0.2, 0.25) is 0 Å². The van der Waals surface area contributed by atoms with Crippen LogP contribution in [0.3, 0.4) is 0 Å². The minimum atomic E-state index is -4.80.